The molecule has 2 aromatic rings. The molecule has 2 saturated heterocycles. The smallest absolute Gasteiger partial charge is 0.251 e. The fourth-order valence-corrected chi connectivity index (χ4v) is 5.77. The molecule has 204 valence electrons. The summed E-state index contributed by atoms with van der Waals surface area (Å²) in [6.07, 6.45) is 1.96. The molecule has 1 atom stereocenters. The maximum Gasteiger partial charge on any atom is 0.251 e. The maximum atomic E-state index is 13.3. The van der Waals surface area contributed by atoms with Gasteiger partial charge in [0, 0.05) is 48.0 Å². The number of piperidine rings is 1. The fourth-order valence-electron chi connectivity index (χ4n) is 4.41. The molecule has 2 aliphatic heterocycles. The van der Waals surface area contributed by atoms with Crippen LogP contribution in [0, 0.1) is 0 Å². The van der Waals surface area contributed by atoms with E-state index in [1.807, 2.05) is 0 Å². The summed E-state index contributed by atoms with van der Waals surface area (Å²) in [4.78, 5) is 54.5. The molecule has 0 bridgehead atoms. The van der Waals surface area contributed by atoms with Crippen molar-refractivity contribution in [1.82, 2.24) is 10.2 Å². The number of benzene rings is 2. The minimum Gasteiger partial charge on any atom is -0.340 e. The molecule has 4 N–H and O–H groups in total. The lowest BCUT2D eigenvalue weighted by atomic mass is 10.1. The minimum absolute atomic E-state index is 0.0453. The molecule has 0 spiro atoms. The first-order valence-electron chi connectivity index (χ1n) is 12.4. The lowest BCUT2D eigenvalue weighted by molar-refractivity contribution is -0.134. The first-order chi connectivity index (χ1) is 18.1. The monoisotopic (exact) mass is 562 g/mol. The Morgan fingerprint density at radius 1 is 0.947 bits per heavy atom. The summed E-state index contributed by atoms with van der Waals surface area (Å²) in [5, 5.41) is 5.88. The molecule has 0 radical (unpaired) electrons. The first-order valence-corrected chi connectivity index (χ1v) is 14.7. The summed E-state index contributed by atoms with van der Waals surface area (Å²) in [7, 11) is -2.72. The molecule has 2 aliphatic rings. The van der Waals surface area contributed by atoms with Crippen LogP contribution >= 0.6 is 22.2 Å². The van der Waals surface area contributed by atoms with Crippen LogP contribution in [0.25, 0.3) is 0 Å². The molecule has 2 fully saturated rings. The lowest BCUT2D eigenvalue weighted by Crippen LogP contribution is -2.53. The van der Waals surface area contributed by atoms with Crippen LogP contribution in [0.15, 0.2) is 48.5 Å². The standard InChI is InChI=1S/C26H31ClN4O6S/c27-19-6-8-20(9-7-19)28-23(32)17-22(26(35)30-13-15-38(36,37)16-14-30)29-25(34)18-4-10-21(11-5-18)31-12-2-1-3-24(31)33/h4-11,22,36-37H,1-3,12-17H2,(H,28,32)(H,29,34). The predicted octanol–water partition coefficient (Wildman–Crippen LogP) is 3.58. The topological polar surface area (TPSA) is 139 Å². The number of hydrogen-bond acceptors (Lipinski definition) is 6. The van der Waals surface area contributed by atoms with Crippen LogP contribution in [0.3, 0.4) is 0 Å². The number of nitrogens with one attached hydrogen (secondary N) is 2. The van der Waals surface area contributed by atoms with E-state index < -0.39 is 34.4 Å². The van der Waals surface area contributed by atoms with Crippen LogP contribution < -0.4 is 15.5 Å². The second-order valence-electron chi connectivity index (χ2n) is 9.37. The van der Waals surface area contributed by atoms with E-state index in [0.717, 1.165) is 12.8 Å². The van der Waals surface area contributed by atoms with E-state index in [1.54, 1.807) is 53.4 Å². The summed E-state index contributed by atoms with van der Waals surface area (Å²) < 4.78 is 19.8. The fraction of sp³-hybridized carbons (Fsp3) is 0.385. The van der Waals surface area contributed by atoms with Crippen LogP contribution in [-0.4, -0.2) is 74.8 Å². The lowest BCUT2D eigenvalue weighted by Gasteiger charge is -2.41. The number of amides is 4. The van der Waals surface area contributed by atoms with Crippen LogP contribution in [0.2, 0.25) is 5.02 Å². The van der Waals surface area contributed by atoms with Gasteiger partial charge in [-0.25, -0.2) is 0 Å². The van der Waals surface area contributed by atoms with Crippen LogP contribution in [0.4, 0.5) is 11.4 Å². The molecule has 12 heteroatoms. The molecule has 38 heavy (non-hydrogen) atoms. The molecule has 4 amide bonds. The highest BCUT2D eigenvalue weighted by molar-refractivity contribution is 8.24. The van der Waals surface area contributed by atoms with E-state index >= 15 is 0 Å². The van der Waals surface area contributed by atoms with E-state index in [2.05, 4.69) is 10.6 Å². The van der Waals surface area contributed by atoms with Gasteiger partial charge < -0.3 is 20.4 Å². The molecule has 10 nitrogen and oxygen atoms in total. The molecule has 2 aromatic carbocycles. The normalized spacial score (nSPS) is 18.9. The molecular weight excluding hydrogens is 532 g/mol. The first kappa shape index (κ1) is 27.9. The van der Waals surface area contributed by atoms with Gasteiger partial charge in [-0.2, -0.15) is 10.6 Å². The molecule has 0 aromatic heterocycles. The van der Waals surface area contributed by atoms with Gasteiger partial charge >= 0.3 is 0 Å². The molecular formula is C26H31ClN4O6S. The van der Waals surface area contributed by atoms with Gasteiger partial charge in [0.05, 0.1) is 17.9 Å². The highest BCUT2D eigenvalue weighted by atomic mass is 35.5. The zero-order valence-corrected chi connectivity index (χ0v) is 22.3. The van der Waals surface area contributed by atoms with Crippen LogP contribution in [0.5, 0.6) is 0 Å². The SMILES string of the molecule is O=C(CC(NC(=O)c1ccc(N2CCCCC2=O)cc1)C(=O)N1CCS(O)(O)CC1)Nc1ccc(Cl)cc1. The number of hydrogen-bond donors (Lipinski definition) is 4. The van der Waals surface area contributed by atoms with Gasteiger partial charge in [0.1, 0.15) is 6.04 Å². The molecule has 1 unspecified atom stereocenters. The average Bonchev–Trinajstić information content (AvgIpc) is 2.89. The third-order valence-corrected chi connectivity index (χ3v) is 8.50. The van der Waals surface area contributed by atoms with Gasteiger partial charge in [-0.3, -0.25) is 28.3 Å². The van der Waals surface area contributed by atoms with Gasteiger partial charge in [0.2, 0.25) is 17.7 Å². The summed E-state index contributed by atoms with van der Waals surface area (Å²) in [5.41, 5.74) is 1.47. The van der Waals surface area contributed by atoms with Crippen molar-refractivity contribution in [3.63, 3.8) is 0 Å². The van der Waals surface area contributed by atoms with Crippen molar-refractivity contribution >= 4 is 57.2 Å². The summed E-state index contributed by atoms with van der Waals surface area (Å²) in [6, 6.07) is 11.9. The van der Waals surface area contributed by atoms with Gasteiger partial charge in [0.25, 0.3) is 5.91 Å². The van der Waals surface area contributed by atoms with E-state index in [0.29, 0.717) is 29.4 Å². The van der Waals surface area contributed by atoms with Crippen molar-refractivity contribution in [3.05, 3.63) is 59.1 Å². The van der Waals surface area contributed by atoms with E-state index in [1.165, 1.54) is 4.90 Å². The Kier molecular flexibility index (Phi) is 8.93. The summed E-state index contributed by atoms with van der Waals surface area (Å²) in [5.74, 6) is -1.36. The average molecular weight is 563 g/mol. The number of anilines is 2. The van der Waals surface area contributed by atoms with Crippen molar-refractivity contribution in [1.29, 1.82) is 0 Å². The molecule has 4 rings (SSSR count). The van der Waals surface area contributed by atoms with Gasteiger partial charge in [-0.1, -0.05) is 11.6 Å². The number of halogens is 1. The third kappa shape index (κ3) is 7.25. The number of carbonyl (C=O) groups is 4. The van der Waals surface area contributed by atoms with E-state index in [4.69, 9.17) is 11.6 Å². The Hall–Kier alpha value is -3.12. The second kappa shape index (κ2) is 12.2. The third-order valence-electron chi connectivity index (χ3n) is 6.57. The Labute approximate surface area is 227 Å². The van der Waals surface area contributed by atoms with Crippen molar-refractivity contribution in [2.24, 2.45) is 0 Å². The summed E-state index contributed by atoms with van der Waals surface area (Å²) >= 11 is 5.89. The zero-order chi connectivity index (χ0) is 27.3. The van der Waals surface area contributed by atoms with E-state index in [-0.39, 0.29) is 42.5 Å². The molecule has 2 heterocycles. The molecule has 0 aliphatic carbocycles. The largest absolute Gasteiger partial charge is 0.340 e. The van der Waals surface area contributed by atoms with Crippen molar-refractivity contribution < 1.29 is 28.3 Å². The Morgan fingerprint density at radius 2 is 1.61 bits per heavy atom. The Morgan fingerprint density at radius 3 is 2.24 bits per heavy atom. The van der Waals surface area contributed by atoms with Gasteiger partial charge in [0.15, 0.2) is 0 Å². The molecule has 0 saturated carbocycles. The quantitative estimate of drug-likeness (QED) is 0.407. The van der Waals surface area contributed by atoms with Crippen LogP contribution in [-0.2, 0) is 14.4 Å². The number of nitrogens with zero attached hydrogens (tertiary/aromatic N) is 2. The van der Waals surface area contributed by atoms with Gasteiger partial charge in [-0.05, 0) is 61.4 Å². The predicted molar refractivity (Wildman–Crippen MR) is 148 cm³/mol. The summed E-state index contributed by atoms with van der Waals surface area (Å²) in [6.45, 7) is 0.861. The van der Waals surface area contributed by atoms with Crippen molar-refractivity contribution in [2.45, 2.75) is 31.7 Å². The van der Waals surface area contributed by atoms with E-state index in [9.17, 15) is 28.3 Å². The van der Waals surface area contributed by atoms with Gasteiger partial charge in [-0.15, -0.1) is 0 Å². The Bertz CT molecular complexity index is 1180. The Balaban J connectivity index is 1.46. The number of rotatable bonds is 7. The second-order valence-corrected chi connectivity index (χ2v) is 12.2. The van der Waals surface area contributed by atoms with Crippen molar-refractivity contribution in [3.8, 4) is 0 Å². The maximum absolute atomic E-state index is 13.3. The minimum atomic E-state index is -2.72. The number of carbonyl (C=O) groups excluding carboxylic acids is 4. The highest BCUT2D eigenvalue weighted by Gasteiger charge is 2.32. The van der Waals surface area contributed by atoms with Crippen molar-refractivity contribution in [2.75, 3.05) is 41.4 Å². The zero-order valence-electron chi connectivity index (χ0n) is 20.8. The highest BCUT2D eigenvalue weighted by Crippen LogP contribution is 2.40. The van der Waals surface area contributed by atoms with Crippen LogP contribution in [0.1, 0.15) is 36.0 Å².